The largest absolute Gasteiger partial charge is 0.427 e. The van der Waals surface area contributed by atoms with Crippen molar-refractivity contribution in [2.24, 2.45) is 0 Å². The number of carbonyl (C=O) groups excluding carboxylic acids is 2. The molecule has 1 aromatic heterocycles. The molecule has 6 nitrogen and oxygen atoms in total. The maximum absolute atomic E-state index is 13.7. The van der Waals surface area contributed by atoms with Gasteiger partial charge in [-0.25, -0.2) is 9.18 Å². The lowest BCUT2D eigenvalue weighted by Crippen LogP contribution is -2.24. The standard InChI is InChI=1S/C19H19FN2O4/c1-10-6-15(11-4-3-5-11)26-19(25)16(10)18(24)22-14-8-12(17(23)21-2)7-13(20)9-14/h6-9,11H,3-5H2,1-2H3,(H,21,23)(H,22,24). The Bertz CT molecular complexity index is 932. The molecular formula is C19H19FN2O4. The summed E-state index contributed by atoms with van der Waals surface area (Å²) in [4.78, 5) is 36.4. The molecule has 1 fully saturated rings. The van der Waals surface area contributed by atoms with Gasteiger partial charge in [-0.1, -0.05) is 6.42 Å². The summed E-state index contributed by atoms with van der Waals surface area (Å²) in [5, 5.41) is 4.84. The Hall–Kier alpha value is -2.96. The van der Waals surface area contributed by atoms with E-state index in [1.165, 1.54) is 13.1 Å². The first-order valence-electron chi connectivity index (χ1n) is 8.37. The molecular weight excluding hydrogens is 339 g/mol. The summed E-state index contributed by atoms with van der Waals surface area (Å²) in [5.41, 5.74) is -0.197. The van der Waals surface area contributed by atoms with Crippen molar-refractivity contribution in [2.45, 2.75) is 32.1 Å². The third-order valence-electron chi connectivity index (χ3n) is 4.55. The van der Waals surface area contributed by atoms with E-state index in [4.69, 9.17) is 4.42 Å². The highest BCUT2D eigenvalue weighted by molar-refractivity contribution is 6.05. The minimum Gasteiger partial charge on any atom is -0.427 e. The van der Waals surface area contributed by atoms with E-state index in [0.29, 0.717) is 11.3 Å². The summed E-state index contributed by atoms with van der Waals surface area (Å²) in [6, 6.07) is 5.17. The molecule has 3 rings (SSSR count). The van der Waals surface area contributed by atoms with Gasteiger partial charge in [0.05, 0.1) is 0 Å². The fourth-order valence-corrected chi connectivity index (χ4v) is 2.93. The van der Waals surface area contributed by atoms with Gasteiger partial charge in [-0.05, 0) is 49.6 Å². The molecule has 1 aliphatic carbocycles. The molecule has 0 atom stereocenters. The lowest BCUT2D eigenvalue weighted by Gasteiger charge is -2.24. The molecule has 1 heterocycles. The minimum atomic E-state index is -0.715. The number of amides is 2. The van der Waals surface area contributed by atoms with E-state index in [0.717, 1.165) is 31.4 Å². The number of aryl methyl sites for hydroxylation is 1. The van der Waals surface area contributed by atoms with Crippen LogP contribution in [0.2, 0.25) is 0 Å². The Balaban J connectivity index is 1.87. The fraction of sp³-hybridized carbons (Fsp3) is 0.316. The molecule has 1 aromatic carbocycles. The van der Waals surface area contributed by atoms with Gasteiger partial charge in [-0.3, -0.25) is 9.59 Å². The molecule has 0 spiro atoms. The van der Waals surface area contributed by atoms with Crippen molar-refractivity contribution in [3.8, 4) is 0 Å². The molecule has 136 valence electrons. The predicted octanol–water partition coefficient (Wildman–Crippen LogP) is 2.97. The fourth-order valence-electron chi connectivity index (χ4n) is 2.93. The number of hydrogen-bond acceptors (Lipinski definition) is 4. The van der Waals surface area contributed by atoms with Gasteiger partial charge < -0.3 is 15.1 Å². The van der Waals surface area contributed by atoms with E-state index >= 15 is 0 Å². The zero-order valence-corrected chi connectivity index (χ0v) is 14.5. The van der Waals surface area contributed by atoms with Crippen LogP contribution in [0.5, 0.6) is 0 Å². The topological polar surface area (TPSA) is 88.4 Å². The molecule has 0 bridgehead atoms. The zero-order valence-electron chi connectivity index (χ0n) is 14.5. The van der Waals surface area contributed by atoms with Crippen LogP contribution in [0.4, 0.5) is 10.1 Å². The number of benzene rings is 1. The summed E-state index contributed by atoms with van der Waals surface area (Å²) >= 11 is 0. The van der Waals surface area contributed by atoms with E-state index in [2.05, 4.69) is 10.6 Å². The van der Waals surface area contributed by atoms with Crippen LogP contribution in [-0.4, -0.2) is 18.9 Å². The maximum atomic E-state index is 13.7. The van der Waals surface area contributed by atoms with Crippen LogP contribution < -0.4 is 16.3 Å². The summed E-state index contributed by atoms with van der Waals surface area (Å²) in [6.45, 7) is 1.66. The van der Waals surface area contributed by atoms with Crippen LogP contribution >= 0.6 is 0 Å². The number of carbonyl (C=O) groups is 2. The highest BCUT2D eigenvalue weighted by atomic mass is 19.1. The minimum absolute atomic E-state index is 0.0619. The highest BCUT2D eigenvalue weighted by Crippen LogP contribution is 2.36. The smallest absolute Gasteiger partial charge is 0.349 e. The van der Waals surface area contributed by atoms with Crippen molar-refractivity contribution < 1.29 is 18.4 Å². The normalized spacial score (nSPS) is 13.8. The van der Waals surface area contributed by atoms with Gasteiger partial charge in [0.25, 0.3) is 11.8 Å². The molecule has 2 N–H and O–H groups in total. The van der Waals surface area contributed by atoms with E-state index in [1.54, 1.807) is 13.0 Å². The van der Waals surface area contributed by atoms with Gasteiger partial charge in [-0.2, -0.15) is 0 Å². The van der Waals surface area contributed by atoms with E-state index in [-0.39, 0.29) is 22.7 Å². The van der Waals surface area contributed by atoms with Gasteiger partial charge in [0.1, 0.15) is 17.1 Å². The Morgan fingerprint density at radius 3 is 2.46 bits per heavy atom. The average molecular weight is 358 g/mol. The Morgan fingerprint density at radius 1 is 1.15 bits per heavy atom. The first kappa shape index (κ1) is 17.8. The van der Waals surface area contributed by atoms with Crippen LogP contribution in [0.25, 0.3) is 0 Å². The number of halogens is 1. The molecule has 1 saturated carbocycles. The first-order chi connectivity index (χ1) is 12.4. The molecule has 26 heavy (non-hydrogen) atoms. The summed E-state index contributed by atoms with van der Waals surface area (Å²) in [5.74, 6) is -1.03. The molecule has 0 saturated heterocycles. The second-order valence-corrected chi connectivity index (χ2v) is 6.38. The molecule has 2 amide bonds. The molecule has 0 unspecified atom stereocenters. The molecule has 2 aromatic rings. The van der Waals surface area contributed by atoms with Crippen molar-refractivity contribution in [3.05, 3.63) is 63.0 Å². The Kier molecular flexibility index (Phi) is 4.88. The lowest BCUT2D eigenvalue weighted by molar-refractivity contribution is 0.0960. The van der Waals surface area contributed by atoms with E-state index in [9.17, 15) is 18.8 Å². The number of nitrogens with one attached hydrogen (secondary N) is 2. The van der Waals surface area contributed by atoms with Crippen LogP contribution in [0.1, 0.15) is 57.2 Å². The van der Waals surface area contributed by atoms with Crippen LogP contribution in [0.15, 0.2) is 33.5 Å². The van der Waals surface area contributed by atoms with Gasteiger partial charge in [0.2, 0.25) is 0 Å². The van der Waals surface area contributed by atoms with Crippen LogP contribution in [-0.2, 0) is 0 Å². The summed E-state index contributed by atoms with van der Waals surface area (Å²) < 4.78 is 19.0. The predicted molar refractivity (Wildman–Crippen MR) is 94.1 cm³/mol. The summed E-state index contributed by atoms with van der Waals surface area (Å²) in [7, 11) is 1.42. The van der Waals surface area contributed by atoms with Gasteiger partial charge in [0, 0.05) is 24.2 Å². The van der Waals surface area contributed by atoms with E-state index < -0.39 is 23.3 Å². The van der Waals surface area contributed by atoms with Crippen molar-refractivity contribution in [2.75, 3.05) is 12.4 Å². The molecule has 0 radical (unpaired) electrons. The van der Waals surface area contributed by atoms with Crippen molar-refractivity contribution in [1.82, 2.24) is 5.32 Å². The van der Waals surface area contributed by atoms with Crippen molar-refractivity contribution >= 4 is 17.5 Å². The van der Waals surface area contributed by atoms with E-state index in [1.807, 2.05) is 0 Å². The second-order valence-electron chi connectivity index (χ2n) is 6.38. The molecule has 0 aliphatic heterocycles. The highest BCUT2D eigenvalue weighted by Gasteiger charge is 2.25. The first-order valence-corrected chi connectivity index (χ1v) is 8.37. The molecule has 1 aliphatic rings. The quantitative estimate of drug-likeness (QED) is 0.879. The monoisotopic (exact) mass is 358 g/mol. The molecule has 7 heteroatoms. The number of anilines is 1. The maximum Gasteiger partial charge on any atom is 0.349 e. The van der Waals surface area contributed by atoms with Gasteiger partial charge >= 0.3 is 5.63 Å². The van der Waals surface area contributed by atoms with Crippen molar-refractivity contribution in [1.29, 1.82) is 0 Å². The number of rotatable bonds is 4. The number of hydrogen-bond donors (Lipinski definition) is 2. The third-order valence-corrected chi connectivity index (χ3v) is 4.55. The second kappa shape index (κ2) is 7.11. The lowest BCUT2D eigenvalue weighted by atomic mass is 9.83. The Labute approximate surface area is 149 Å². The third kappa shape index (κ3) is 3.51. The zero-order chi connectivity index (χ0) is 18.8. The van der Waals surface area contributed by atoms with Crippen molar-refractivity contribution in [3.63, 3.8) is 0 Å². The average Bonchev–Trinajstić information content (AvgIpc) is 2.51. The van der Waals surface area contributed by atoms with Gasteiger partial charge in [-0.15, -0.1) is 0 Å². The summed E-state index contributed by atoms with van der Waals surface area (Å²) in [6.07, 6.45) is 3.04. The SMILES string of the molecule is CNC(=O)c1cc(F)cc(NC(=O)c2c(C)cc(C3CCC3)oc2=O)c1. The van der Waals surface area contributed by atoms with Gasteiger partial charge in [0.15, 0.2) is 0 Å². The Morgan fingerprint density at radius 2 is 1.88 bits per heavy atom. The van der Waals surface area contributed by atoms with Crippen LogP contribution in [0.3, 0.4) is 0 Å². The van der Waals surface area contributed by atoms with Crippen LogP contribution in [0, 0.1) is 12.7 Å².